The van der Waals surface area contributed by atoms with Crippen molar-refractivity contribution in [3.63, 3.8) is 0 Å². The molecule has 212 valence electrons. The standard InChI is InChI=1S/C31H36Cl2N4O3/c32-24-12-11-23(26(33)21-24)20-27(35-30(39)14-15-34)31(40)37-18-16-36(17-19-37)28-9-5-4-8-25(28)29(38)13-10-22-6-2-1-3-7-22/h1-9,11-12,21,27,29,38H,10,13-20,34H2,(H,35,39)/t27-,29?/m1/s1. The van der Waals surface area contributed by atoms with E-state index >= 15 is 0 Å². The quantitative estimate of drug-likeness (QED) is 0.311. The van der Waals surface area contributed by atoms with Crippen molar-refractivity contribution in [1.29, 1.82) is 0 Å². The van der Waals surface area contributed by atoms with E-state index in [0.717, 1.165) is 23.2 Å². The van der Waals surface area contributed by atoms with E-state index in [0.29, 0.717) is 42.6 Å². The Morgan fingerprint density at radius 3 is 2.35 bits per heavy atom. The average Bonchev–Trinajstić information content (AvgIpc) is 2.97. The Balaban J connectivity index is 1.41. The fraction of sp³-hybridized carbons (Fsp3) is 0.355. The monoisotopic (exact) mass is 582 g/mol. The number of anilines is 1. The molecular weight excluding hydrogens is 547 g/mol. The maximum Gasteiger partial charge on any atom is 0.245 e. The summed E-state index contributed by atoms with van der Waals surface area (Å²) in [6, 6.07) is 22.4. The summed E-state index contributed by atoms with van der Waals surface area (Å²) in [5.74, 6) is -0.435. The number of aliphatic hydroxyl groups is 1. The molecule has 4 rings (SSSR count). The van der Waals surface area contributed by atoms with Crippen LogP contribution in [0.3, 0.4) is 0 Å². The first-order valence-corrected chi connectivity index (χ1v) is 14.4. The molecule has 9 heteroatoms. The van der Waals surface area contributed by atoms with E-state index in [1.165, 1.54) is 5.56 Å². The summed E-state index contributed by atoms with van der Waals surface area (Å²) in [5, 5.41) is 14.9. The van der Waals surface area contributed by atoms with Crippen molar-refractivity contribution in [3.8, 4) is 0 Å². The van der Waals surface area contributed by atoms with Gasteiger partial charge in [0, 0.05) is 66.9 Å². The van der Waals surface area contributed by atoms with Gasteiger partial charge in [0.1, 0.15) is 6.04 Å². The van der Waals surface area contributed by atoms with Crippen molar-refractivity contribution in [1.82, 2.24) is 10.2 Å². The first kappa shape index (κ1) is 29.9. The van der Waals surface area contributed by atoms with Gasteiger partial charge in [0.05, 0.1) is 6.10 Å². The van der Waals surface area contributed by atoms with Crippen LogP contribution in [0.25, 0.3) is 0 Å². The van der Waals surface area contributed by atoms with Crippen LogP contribution in [-0.2, 0) is 22.4 Å². The second kappa shape index (κ2) is 14.5. The number of benzene rings is 3. The molecule has 7 nitrogen and oxygen atoms in total. The third-order valence-corrected chi connectivity index (χ3v) is 7.81. The lowest BCUT2D eigenvalue weighted by molar-refractivity contribution is -0.136. The topological polar surface area (TPSA) is 98.9 Å². The van der Waals surface area contributed by atoms with Crippen LogP contribution >= 0.6 is 23.2 Å². The van der Waals surface area contributed by atoms with Crippen LogP contribution in [0.4, 0.5) is 5.69 Å². The summed E-state index contributed by atoms with van der Waals surface area (Å²) in [4.78, 5) is 30.0. The number of piperazine rings is 1. The number of nitrogens with one attached hydrogen (secondary N) is 1. The number of aryl methyl sites for hydroxylation is 1. The predicted octanol–water partition coefficient (Wildman–Crippen LogP) is 4.38. The van der Waals surface area contributed by atoms with Gasteiger partial charge >= 0.3 is 0 Å². The van der Waals surface area contributed by atoms with E-state index in [2.05, 4.69) is 22.3 Å². The Labute approximate surface area is 245 Å². The second-order valence-electron chi connectivity index (χ2n) is 10.0. The molecule has 4 N–H and O–H groups in total. The maximum absolute atomic E-state index is 13.6. The molecule has 40 heavy (non-hydrogen) atoms. The third-order valence-electron chi connectivity index (χ3n) is 7.22. The Bertz CT molecular complexity index is 1280. The highest BCUT2D eigenvalue weighted by Gasteiger charge is 2.30. The Morgan fingerprint density at radius 1 is 0.950 bits per heavy atom. The van der Waals surface area contributed by atoms with E-state index < -0.39 is 12.1 Å². The molecule has 1 heterocycles. The van der Waals surface area contributed by atoms with Gasteiger partial charge in [-0.2, -0.15) is 0 Å². The summed E-state index contributed by atoms with van der Waals surface area (Å²) < 4.78 is 0. The number of nitrogens with zero attached hydrogens (tertiary/aromatic N) is 2. The van der Waals surface area contributed by atoms with Crippen LogP contribution in [0.5, 0.6) is 0 Å². The minimum atomic E-state index is -0.767. The van der Waals surface area contributed by atoms with Crippen molar-refractivity contribution in [2.75, 3.05) is 37.6 Å². The largest absolute Gasteiger partial charge is 0.388 e. The van der Waals surface area contributed by atoms with Gasteiger partial charge in [0.15, 0.2) is 0 Å². The molecule has 1 aliphatic rings. The molecule has 0 aliphatic carbocycles. The molecule has 1 unspecified atom stereocenters. The molecule has 0 bridgehead atoms. The van der Waals surface area contributed by atoms with Crippen LogP contribution < -0.4 is 16.0 Å². The lowest BCUT2D eigenvalue weighted by Crippen LogP contribution is -2.56. The normalized spacial score (nSPS) is 15.0. The van der Waals surface area contributed by atoms with Gasteiger partial charge in [0.25, 0.3) is 0 Å². The van der Waals surface area contributed by atoms with Crippen LogP contribution in [0.1, 0.15) is 35.6 Å². The number of nitrogens with two attached hydrogens (primary N) is 1. The highest BCUT2D eigenvalue weighted by atomic mass is 35.5. The number of carbonyl (C=O) groups is 2. The molecule has 2 amide bonds. The van der Waals surface area contributed by atoms with Crippen molar-refractivity contribution >= 4 is 40.7 Å². The first-order chi connectivity index (χ1) is 19.4. The predicted molar refractivity (Wildman–Crippen MR) is 161 cm³/mol. The van der Waals surface area contributed by atoms with Crippen LogP contribution in [0.2, 0.25) is 10.0 Å². The smallest absolute Gasteiger partial charge is 0.245 e. The number of carbonyl (C=O) groups excluding carboxylic acids is 2. The zero-order valence-corrected chi connectivity index (χ0v) is 24.0. The fourth-order valence-corrected chi connectivity index (χ4v) is 5.54. The SMILES string of the molecule is NCCC(=O)N[C@H](Cc1ccc(Cl)cc1Cl)C(=O)N1CCN(c2ccccc2C(O)CCc2ccccc2)CC1. The molecule has 0 saturated carbocycles. The number of hydrogen-bond donors (Lipinski definition) is 3. The Hall–Kier alpha value is -3.10. The second-order valence-corrected chi connectivity index (χ2v) is 10.9. The van der Waals surface area contributed by atoms with Crippen LogP contribution in [0.15, 0.2) is 72.8 Å². The van der Waals surface area contributed by atoms with E-state index in [-0.39, 0.29) is 31.2 Å². The first-order valence-electron chi connectivity index (χ1n) is 13.6. The zero-order valence-electron chi connectivity index (χ0n) is 22.4. The molecule has 1 saturated heterocycles. The van der Waals surface area contributed by atoms with Gasteiger partial charge in [-0.3, -0.25) is 9.59 Å². The number of para-hydroxylation sites is 1. The number of hydrogen-bond acceptors (Lipinski definition) is 5. The maximum atomic E-state index is 13.6. The third kappa shape index (κ3) is 7.98. The Morgan fingerprint density at radius 2 is 1.65 bits per heavy atom. The summed E-state index contributed by atoms with van der Waals surface area (Å²) in [5.41, 5.74) is 9.35. The van der Waals surface area contributed by atoms with Crippen molar-refractivity contribution in [3.05, 3.63) is 99.5 Å². The lowest BCUT2D eigenvalue weighted by Gasteiger charge is -2.39. The van der Waals surface area contributed by atoms with E-state index in [4.69, 9.17) is 28.9 Å². The van der Waals surface area contributed by atoms with Gasteiger partial charge < -0.3 is 26.0 Å². The van der Waals surface area contributed by atoms with Crippen LogP contribution in [0, 0.1) is 0 Å². The van der Waals surface area contributed by atoms with Gasteiger partial charge in [-0.1, -0.05) is 77.8 Å². The number of aliphatic hydroxyl groups excluding tert-OH is 1. The fourth-order valence-electron chi connectivity index (χ4n) is 5.05. The molecule has 3 aromatic carbocycles. The van der Waals surface area contributed by atoms with Gasteiger partial charge in [-0.15, -0.1) is 0 Å². The lowest BCUT2D eigenvalue weighted by atomic mass is 9.99. The summed E-state index contributed by atoms with van der Waals surface area (Å²) in [6.45, 7) is 2.40. The molecule has 1 fully saturated rings. The van der Waals surface area contributed by atoms with E-state index in [1.807, 2.05) is 42.5 Å². The van der Waals surface area contributed by atoms with Gasteiger partial charge in [-0.05, 0) is 42.2 Å². The van der Waals surface area contributed by atoms with E-state index in [1.54, 1.807) is 23.1 Å². The van der Waals surface area contributed by atoms with Crippen molar-refractivity contribution < 1.29 is 14.7 Å². The summed E-state index contributed by atoms with van der Waals surface area (Å²) in [7, 11) is 0. The summed E-state index contributed by atoms with van der Waals surface area (Å²) >= 11 is 12.4. The summed E-state index contributed by atoms with van der Waals surface area (Å²) in [6.07, 6.45) is 1.20. The number of rotatable bonds is 11. The minimum Gasteiger partial charge on any atom is -0.388 e. The molecule has 0 radical (unpaired) electrons. The van der Waals surface area contributed by atoms with Crippen molar-refractivity contribution in [2.45, 2.75) is 37.8 Å². The highest BCUT2D eigenvalue weighted by molar-refractivity contribution is 6.35. The van der Waals surface area contributed by atoms with E-state index in [9.17, 15) is 14.7 Å². The molecule has 0 aromatic heterocycles. The minimum absolute atomic E-state index is 0.134. The zero-order chi connectivity index (χ0) is 28.5. The molecular formula is C31H36Cl2N4O3. The Kier molecular flexibility index (Phi) is 10.8. The molecule has 1 aliphatic heterocycles. The van der Waals surface area contributed by atoms with Crippen molar-refractivity contribution in [2.24, 2.45) is 5.73 Å². The highest BCUT2D eigenvalue weighted by Crippen LogP contribution is 2.30. The number of halogens is 2. The molecule has 2 atom stereocenters. The number of amides is 2. The van der Waals surface area contributed by atoms with Gasteiger partial charge in [0.2, 0.25) is 11.8 Å². The van der Waals surface area contributed by atoms with Crippen LogP contribution in [-0.4, -0.2) is 60.6 Å². The molecule has 3 aromatic rings. The average molecular weight is 584 g/mol. The van der Waals surface area contributed by atoms with Gasteiger partial charge in [-0.25, -0.2) is 0 Å². The molecule has 0 spiro atoms.